The molecule has 1 saturated heterocycles. The lowest BCUT2D eigenvalue weighted by molar-refractivity contribution is -0.132. The zero-order chi connectivity index (χ0) is 12.8. The van der Waals surface area contributed by atoms with Gasteiger partial charge < -0.3 is 15.0 Å². The quantitative estimate of drug-likeness (QED) is 0.810. The van der Waals surface area contributed by atoms with Crippen LogP contribution < -0.4 is 5.32 Å². The Hall–Kier alpha value is -1.26. The van der Waals surface area contributed by atoms with E-state index >= 15 is 0 Å². The molecule has 1 fully saturated rings. The first-order valence-electron chi connectivity index (χ1n) is 6.18. The summed E-state index contributed by atoms with van der Waals surface area (Å²) in [4.78, 5) is 25.2. The standard InChI is InChI=1S/C12H22N2O3/c1-9(2)8-10(13-12(16)17-3)11(15)14-6-4-5-7-14/h9-10H,4-8H2,1-3H3,(H,13,16). The van der Waals surface area contributed by atoms with Crippen LogP contribution >= 0.6 is 0 Å². The fourth-order valence-corrected chi connectivity index (χ4v) is 2.05. The average molecular weight is 242 g/mol. The van der Waals surface area contributed by atoms with Crippen LogP contribution in [-0.2, 0) is 9.53 Å². The maximum absolute atomic E-state index is 12.2. The van der Waals surface area contributed by atoms with E-state index in [4.69, 9.17) is 0 Å². The fourth-order valence-electron chi connectivity index (χ4n) is 2.05. The Morgan fingerprint density at radius 1 is 1.29 bits per heavy atom. The van der Waals surface area contributed by atoms with Gasteiger partial charge in [0, 0.05) is 13.1 Å². The van der Waals surface area contributed by atoms with Gasteiger partial charge in [0.2, 0.25) is 5.91 Å². The van der Waals surface area contributed by atoms with Crippen molar-refractivity contribution in [1.82, 2.24) is 10.2 Å². The van der Waals surface area contributed by atoms with Gasteiger partial charge in [-0.15, -0.1) is 0 Å². The van der Waals surface area contributed by atoms with Crippen LogP contribution in [0.5, 0.6) is 0 Å². The van der Waals surface area contributed by atoms with E-state index in [2.05, 4.69) is 10.1 Å². The van der Waals surface area contributed by atoms with E-state index in [1.165, 1.54) is 7.11 Å². The summed E-state index contributed by atoms with van der Waals surface area (Å²) in [6.07, 6.45) is 2.21. The third-order valence-electron chi connectivity index (χ3n) is 2.90. The first kappa shape index (κ1) is 13.8. The number of nitrogens with one attached hydrogen (secondary N) is 1. The largest absolute Gasteiger partial charge is 0.453 e. The van der Waals surface area contributed by atoms with Crippen LogP contribution in [-0.4, -0.2) is 43.1 Å². The highest BCUT2D eigenvalue weighted by Gasteiger charge is 2.28. The van der Waals surface area contributed by atoms with Crippen molar-refractivity contribution in [2.45, 2.75) is 39.2 Å². The molecule has 0 aromatic heterocycles. The number of methoxy groups -OCH3 is 1. The highest BCUT2D eigenvalue weighted by molar-refractivity contribution is 5.85. The Morgan fingerprint density at radius 3 is 2.35 bits per heavy atom. The summed E-state index contributed by atoms with van der Waals surface area (Å²) in [5.41, 5.74) is 0. The Bertz CT molecular complexity index is 273. The number of hydrogen-bond donors (Lipinski definition) is 1. The molecule has 1 N–H and O–H groups in total. The molecule has 5 nitrogen and oxygen atoms in total. The Balaban J connectivity index is 2.60. The van der Waals surface area contributed by atoms with E-state index < -0.39 is 12.1 Å². The van der Waals surface area contributed by atoms with Crippen LogP contribution in [0.4, 0.5) is 4.79 Å². The molecule has 1 aliphatic rings. The summed E-state index contributed by atoms with van der Waals surface area (Å²) in [7, 11) is 1.31. The summed E-state index contributed by atoms with van der Waals surface area (Å²) in [6, 6.07) is -0.458. The molecule has 0 aromatic carbocycles. The van der Waals surface area contributed by atoms with Crippen LogP contribution in [0.2, 0.25) is 0 Å². The van der Waals surface area contributed by atoms with Gasteiger partial charge in [-0.2, -0.15) is 0 Å². The number of carbonyl (C=O) groups is 2. The number of rotatable bonds is 4. The molecule has 5 heteroatoms. The highest BCUT2D eigenvalue weighted by atomic mass is 16.5. The maximum atomic E-state index is 12.2. The van der Waals surface area contributed by atoms with Crippen LogP contribution in [0.15, 0.2) is 0 Å². The lowest BCUT2D eigenvalue weighted by atomic mass is 10.0. The Morgan fingerprint density at radius 2 is 1.88 bits per heavy atom. The summed E-state index contributed by atoms with van der Waals surface area (Å²) in [5.74, 6) is 0.366. The van der Waals surface area contributed by atoms with Gasteiger partial charge in [0.05, 0.1) is 7.11 Å². The van der Waals surface area contributed by atoms with Gasteiger partial charge in [-0.05, 0) is 25.2 Å². The molecule has 1 heterocycles. The predicted molar refractivity (Wildman–Crippen MR) is 64.6 cm³/mol. The first-order chi connectivity index (χ1) is 8.04. The minimum Gasteiger partial charge on any atom is -0.453 e. The van der Waals surface area contributed by atoms with Crippen molar-refractivity contribution in [2.75, 3.05) is 20.2 Å². The molecule has 17 heavy (non-hydrogen) atoms. The van der Waals surface area contributed by atoms with Gasteiger partial charge in [0.15, 0.2) is 0 Å². The van der Waals surface area contributed by atoms with Crippen molar-refractivity contribution in [3.63, 3.8) is 0 Å². The molecule has 0 aromatic rings. The summed E-state index contributed by atoms with van der Waals surface area (Å²) in [6.45, 7) is 5.67. The topological polar surface area (TPSA) is 58.6 Å². The molecule has 0 saturated carbocycles. The normalized spacial score (nSPS) is 17.1. The van der Waals surface area contributed by atoms with Gasteiger partial charge in [-0.25, -0.2) is 4.79 Å². The number of carbonyl (C=O) groups excluding carboxylic acids is 2. The second-order valence-corrected chi connectivity index (χ2v) is 4.85. The SMILES string of the molecule is COC(=O)NC(CC(C)C)C(=O)N1CCCC1. The Kier molecular flexibility index (Phi) is 5.25. The highest BCUT2D eigenvalue weighted by Crippen LogP contribution is 2.13. The van der Waals surface area contributed by atoms with E-state index in [0.29, 0.717) is 12.3 Å². The average Bonchev–Trinajstić information content (AvgIpc) is 2.79. The van der Waals surface area contributed by atoms with Crippen LogP contribution in [0.3, 0.4) is 0 Å². The van der Waals surface area contributed by atoms with Crippen LogP contribution in [0.1, 0.15) is 33.1 Å². The minimum atomic E-state index is -0.539. The van der Waals surface area contributed by atoms with Crippen LogP contribution in [0, 0.1) is 5.92 Å². The lowest BCUT2D eigenvalue weighted by Gasteiger charge is -2.24. The number of ether oxygens (including phenoxy) is 1. The van der Waals surface area contributed by atoms with E-state index in [1.54, 1.807) is 0 Å². The van der Waals surface area contributed by atoms with E-state index in [0.717, 1.165) is 25.9 Å². The van der Waals surface area contributed by atoms with Gasteiger partial charge in [-0.1, -0.05) is 13.8 Å². The molecule has 0 spiro atoms. The number of alkyl carbamates (subject to hydrolysis) is 1. The van der Waals surface area contributed by atoms with E-state index in [9.17, 15) is 9.59 Å². The van der Waals surface area contributed by atoms with Crippen molar-refractivity contribution in [2.24, 2.45) is 5.92 Å². The van der Waals surface area contributed by atoms with Crippen molar-refractivity contribution in [3.8, 4) is 0 Å². The summed E-state index contributed by atoms with van der Waals surface area (Å²) in [5, 5.41) is 2.62. The van der Waals surface area contributed by atoms with Crippen molar-refractivity contribution < 1.29 is 14.3 Å². The second kappa shape index (κ2) is 6.47. The molecule has 1 rings (SSSR count). The third kappa shape index (κ3) is 4.24. The van der Waals surface area contributed by atoms with Gasteiger partial charge in [-0.3, -0.25) is 4.79 Å². The van der Waals surface area contributed by atoms with Gasteiger partial charge >= 0.3 is 6.09 Å². The van der Waals surface area contributed by atoms with E-state index in [-0.39, 0.29) is 5.91 Å². The fraction of sp³-hybridized carbons (Fsp3) is 0.833. The number of nitrogens with zero attached hydrogens (tertiary/aromatic N) is 1. The zero-order valence-electron chi connectivity index (χ0n) is 10.9. The first-order valence-corrected chi connectivity index (χ1v) is 6.18. The summed E-state index contributed by atoms with van der Waals surface area (Å²) >= 11 is 0. The second-order valence-electron chi connectivity index (χ2n) is 4.85. The van der Waals surface area contributed by atoms with Crippen molar-refractivity contribution >= 4 is 12.0 Å². The number of amides is 2. The molecule has 98 valence electrons. The smallest absolute Gasteiger partial charge is 0.407 e. The zero-order valence-corrected chi connectivity index (χ0v) is 10.9. The maximum Gasteiger partial charge on any atom is 0.407 e. The predicted octanol–water partition coefficient (Wildman–Crippen LogP) is 1.38. The molecule has 1 aliphatic heterocycles. The molecular formula is C12H22N2O3. The van der Waals surface area contributed by atoms with Crippen LogP contribution in [0.25, 0.3) is 0 Å². The Labute approximate surface area is 102 Å². The molecule has 0 aliphatic carbocycles. The van der Waals surface area contributed by atoms with Crippen molar-refractivity contribution in [1.29, 1.82) is 0 Å². The number of hydrogen-bond acceptors (Lipinski definition) is 3. The monoisotopic (exact) mass is 242 g/mol. The van der Waals surface area contributed by atoms with Crippen molar-refractivity contribution in [3.05, 3.63) is 0 Å². The molecular weight excluding hydrogens is 220 g/mol. The molecule has 1 unspecified atom stereocenters. The molecule has 0 bridgehead atoms. The van der Waals surface area contributed by atoms with Gasteiger partial charge in [0.25, 0.3) is 0 Å². The third-order valence-corrected chi connectivity index (χ3v) is 2.90. The minimum absolute atomic E-state index is 0.0154. The van der Waals surface area contributed by atoms with Gasteiger partial charge in [0.1, 0.15) is 6.04 Å². The molecule has 1 atom stereocenters. The molecule has 2 amide bonds. The summed E-state index contributed by atoms with van der Waals surface area (Å²) < 4.78 is 4.55. The molecule has 0 radical (unpaired) electrons. The number of likely N-dealkylation sites (tertiary alicyclic amines) is 1. The van der Waals surface area contributed by atoms with E-state index in [1.807, 2.05) is 18.7 Å². The lowest BCUT2D eigenvalue weighted by Crippen LogP contribution is -2.48.